The highest BCUT2D eigenvalue weighted by atomic mass is 19.4. The first-order chi connectivity index (χ1) is 8.37. The molecule has 1 N–H and O–H groups in total. The Morgan fingerprint density at radius 3 is 2.72 bits per heavy atom. The third-order valence-corrected chi connectivity index (χ3v) is 2.39. The van der Waals surface area contributed by atoms with Gasteiger partial charge in [-0.1, -0.05) is 0 Å². The molecule has 0 spiro atoms. The molecule has 1 unspecified atom stereocenters. The molecule has 1 rings (SSSR count). The van der Waals surface area contributed by atoms with E-state index >= 15 is 0 Å². The third-order valence-electron chi connectivity index (χ3n) is 2.39. The van der Waals surface area contributed by atoms with E-state index in [9.17, 15) is 18.3 Å². The van der Waals surface area contributed by atoms with Crippen molar-refractivity contribution in [1.29, 1.82) is 0 Å². The fraction of sp³-hybridized carbons (Fsp3) is 0.727. The van der Waals surface area contributed by atoms with Crippen LogP contribution in [0.2, 0.25) is 0 Å². The topological polar surface area (TPSA) is 47.3 Å². The second-order valence-corrected chi connectivity index (χ2v) is 4.17. The van der Waals surface area contributed by atoms with Gasteiger partial charge in [0.2, 0.25) is 0 Å². The molecule has 1 atom stereocenters. The Balaban J connectivity index is 2.09. The van der Waals surface area contributed by atoms with E-state index in [0.717, 1.165) is 5.56 Å². The van der Waals surface area contributed by atoms with Crippen LogP contribution >= 0.6 is 0 Å². The number of aliphatic hydroxyl groups is 1. The van der Waals surface area contributed by atoms with E-state index in [2.05, 4.69) is 9.84 Å². The maximum atomic E-state index is 11.8. The van der Waals surface area contributed by atoms with Crippen molar-refractivity contribution in [3.63, 3.8) is 0 Å². The molecule has 0 radical (unpaired) electrons. The van der Waals surface area contributed by atoms with E-state index in [1.807, 2.05) is 6.20 Å². The van der Waals surface area contributed by atoms with Crippen LogP contribution in [-0.4, -0.2) is 40.4 Å². The lowest BCUT2D eigenvalue weighted by Crippen LogP contribution is -2.19. The molecular weight excluding hydrogens is 249 g/mol. The van der Waals surface area contributed by atoms with Crippen molar-refractivity contribution in [2.75, 3.05) is 13.2 Å². The highest BCUT2D eigenvalue weighted by Crippen LogP contribution is 2.15. The SMILES string of the molecule is Cn1cc(CCC(O)CCOCC(F)(F)F)cn1. The van der Waals surface area contributed by atoms with Gasteiger partial charge in [-0.05, 0) is 24.8 Å². The minimum absolute atomic E-state index is 0.0896. The Morgan fingerprint density at radius 2 is 2.17 bits per heavy atom. The van der Waals surface area contributed by atoms with Crippen LogP contribution in [0.4, 0.5) is 13.2 Å². The Morgan fingerprint density at radius 1 is 1.44 bits per heavy atom. The molecule has 7 heteroatoms. The van der Waals surface area contributed by atoms with Crippen LogP contribution in [0.25, 0.3) is 0 Å². The van der Waals surface area contributed by atoms with E-state index in [1.165, 1.54) is 0 Å². The molecule has 0 aliphatic rings. The molecule has 18 heavy (non-hydrogen) atoms. The Kier molecular flexibility index (Phi) is 5.61. The molecule has 0 bridgehead atoms. The minimum Gasteiger partial charge on any atom is -0.393 e. The zero-order valence-electron chi connectivity index (χ0n) is 10.2. The first-order valence-electron chi connectivity index (χ1n) is 5.67. The number of halogens is 3. The van der Waals surface area contributed by atoms with Gasteiger partial charge in [0, 0.05) is 19.9 Å². The Bertz CT molecular complexity index is 352. The van der Waals surface area contributed by atoms with Gasteiger partial charge in [-0.15, -0.1) is 0 Å². The fourth-order valence-corrected chi connectivity index (χ4v) is 1.49. The molecule has 1 aromatic rings. The van der Waals surface area contributed by atoms with Gasteiger partial charge < -0.3 is 9.84 Å². The van der Waals surface area contributed by atoms with Crippen molar-refractivity contribution in [2.24, 2.45) is 7.05 Å². The van der Waals surface area contributed by atoms with Crippen molar-refractivity contribution in [1.82, 2.24) is 9.78 Å². The monoisotopic (exact) mass is 266 g/mol. The van der Waals surface area contributed by atoms with Gasteiger partial charge in [0.05, 0.1) is 12.3 Å². The lowest BCUT2D eigenvalue weighted by molar-refractivity contribution is -0.175. The number of hydrogen-bond acceptors (Lipinski definition) is 3. The van der Waals surface area contributed by atoms with Crippen molar-refractivity contribution in [3.8, 4) is 0 Å². The van der Waals surface area contributed by atoms with Crippen LogP contribution in [0.3, 0.4) is 0 Å². The highest BCUT2D eigenvalue weighted by molar-refractivity contribution is 5.03. The second kappa shape index (κ2) is 6.75. The number of aryl methyl sites for hydroxylation is 2. The van der Waals surface area contributed by atoms with E-state index < -0.39 is 18.9 Å². The number of aromatic nitrogens is 2. The first kappa shape index (κ1) is 15.0. The standard InChI is InChI=1S/C11H17F3N2O2/c1-16-7-9(6-15-16)2-3-10(17)4-5-18-8-11(12,13)14/h6-7,10,17H,2-5,8H2,1H3. The van der Waals surface area contributed by atoms with Gasteiger partial charge >= 0.3 is 6.18 Å². The molecule has 0 fully saturated rings. The Hall–Kier alpha value is -1.08. The number of aliphatic hydroxyl groups excluding tert-OH is 1. The molecule has 0 aliphatic carbocycles. The van der Waals surface area contributed by atoms with E-state index in [-0.39, 0.29) is 13.0 Å². The zero-order valence-corrected chi connectivity index (χ0v) is 10.2. The summed E-state index contributed by atoms with van der Waals surface area (Å²) >= 11 is 0. The average Bonchev–Trinajstić information content (AvgIpc) is 2.66. The summed E-state index contributed by atoms with van der Waals surface area (Å²) in [5, 5.41) is 13.5. The third kappa shape index (κ3) is 6.61. The van der Waals surface area contributed by atoms with Crippen LogP contribution in [0, 0.1) is 0 Å². The normalized spacial score (nSPS) is 13.8. The molecule has 1 aromatic heterocycles. The van der Waals surface area contributed by atoms with Crippen LogP contribution in [-0.2, 0) is 18.2 Å². The van der Waals surface area contributed by atoms with Gasteiger partial charge in [0.1, 0.15) is 6.61 Å². The summed E-state index contributed by atoms with van der Waals surface area (Å²) < 4.78 is 41.3. The van der Waals surface area contributed by atoms with Gasteiger partial charge in [-0.3, -0.25) is 4.68 Å². The van der Waals surface area contributed by atoms with Gasteiger partial charge in [-0.25, -0.2) is 0 Å². The molecule has 4 nitrogen and oxygen atoms in total. The molecule has 0 saturated heterocycles. The van der Waals surface area contributed by atoms with Crippen LogP contribution in [0.15, 0.2) is 12.4 Å². The number of rotatable bonds is 7. The van der Waals surface area contributed by atoms with E-state index in [1.54, 1.807) is 17.9 Å². The van der Waals surface area contributed by atoms with Crippen molar-refractivity contribution in [3.05, 3.63) is 18.0 Å². The fourth-order valence-electron chi connectivity index (χ4n) is 1.49. The number of hydrogen-bond donors (Lipinski definition) is 1. The number of ether oxygens (including phenoxy) is 1. The molecule has 1 heterocycles. The smallest absolute Gasteiger partial charge is 0.393 e. The van der Waals surface area contributed by atoms with Crippen molar-refractivity contribution < 1.29 is 23.0 Å². The number of alkyl halides is 3. The van der Waals surface area contributed by atoms with Gasteiger partial charge in [-0.2, -0.15) is 18.3 Å². The summed E-state index contributed by atoms with van der Waals surface area (Å²) in [6.07, 6.45) is -0.0787. The van der Waals surface area contributed by atoms with Crippen molar-refractivity contribution in [2.45, 2.75) is 31.5 Å². The molecule has 0 saturated carbocycles. The predicted molar refractivity (Wildman–Crippen MR) is 59.0 cm³/mol. The summed E-state index contributed by atoms with van der Waals surface area (Å²) in [6.45, 7) is -1.35. The minimum atomic E-state index is -4.30. The summed E-state index contributed by atoms with van der Waals surface area (Å²) in [5.74, 6) is 0. The lowest BCUT2D eigenvalue weighted by atomic mass is 10.1. The largest absolute Gasteiger partial charge is 0.411 e. The number of nitrogens with zero attached hydrogens (tertiary/aromatic N) is 2. The average molecular weight is 266 g/mol. The maximum absolute atomic E-state index is 11.8. The molecule has 0 aromatic carbocycles. The predicted octanol–water partition coefficient (Wildman–Crippen LogP) is 1.68. The maximum Gasteiger partial charge on any atom is 0.411 e. The highest BCUT2D eigenvalue weighted by Gasteiger charge is 2.27. The Labute approximate surface area is 103 Å². The van der Waals surface area contributed by atoms with Crippen LogP contribution < -0.4 is 0 Å². The second-order valence-electron chi connectivity index (χ2n) is 4.17. The molecule has 0 aliphatic heterocycles. The van der Waals surface area contributed by atoms with Gasteiger partial charge in [0.25, 0.3) is 0 Å². The van der Waals surface area contributed by atoms with Crippen LogP contribution in [0.5, 0.6) is 0 Å². The van der Waals surface area contributed by atoms with Crippen molar-refractivity contribution >= 4 is 0 Å². The van der Waals surface area contributed by atoms with Crippen LogP contribution in [0.1, 0.15) is 18.4 Å². The summed E-state index contributed by atoms with van der Waals surface area (Å²) in [5.41, 5.74) is 0.993. The summed E-state index contributed by atoms with van der Waals surface area (Å²) in [6, 6.07) is 0. The summed E-state index contributed by atoms with van der Waals surface area (Å²) in [7, 11) is 1.80. The molecule has 0 amide bonds. The first-order valence-corrected chi connectivity index (χ1v) is 5.67. The van der Waals surface area contributed by atoms with E-state index in [4.69, 9.17) is 0 Å². The summed E-state index contributed by atoms with van der Waals surface area (Å²) in [4.78, 5) is 0. The zero-order chi connectivity index (χ0) is 13.6. The lowest BCUT2D eigenvalue weighted by Gasteiger charge is -2.11. The van der Waals surface area contributed by atoms with Gasteiger partial charge in [0.15, 0.2) is 0 Å². The van der Waals surface area contributed by atoms with E-state index in [0.29, 0.717) is 12.8 Å². The molecule has 104 valence electrons. The molecular formula is C11H17F3N2O2. The quantitative estimate of drug-likeness (QED) is 0.764.